The van der Waals surface area contributed by atoms with Gasteiger partial charge in [0.05, 0.1) is 5.56 Å². The molecule has 2 fully saturated rings. The van der Waals surface area contributed by atoms with Gasteiger partial charge in [0.25, 0.3) is 5.91 Å². The van der Waals surface area contributed by atoms with E-state index < -0.39 is 5.95 Å². The quantitative estimate of drug-likeness (QED) is 0.734. The van der Waals surface area contributed by atoms with Crippen molar-refractivity contribution in [3.63, 3.8) is 0 Å². The van der Waals surface area contributed by atoms with Crippen LogP contribution in [0.25, 0.3) is 0 Å². The van der Waals surface area contributed by atoms with E-state index in [2.05, 4.69) is 16.9 Å². The first-order chi connectivity index (χ1) is 9.66. The molecular formula is C15H20FN3O. The summed E-state index contributed by atoms with van der Waals surface area (Å²) in [5.41, 5.74) is 0.0927. The first-order valence-electron chi connectivity index (χ1n) is 7.27. The van der Waals surface area contributed by atoms with Crippen molar-refractivity contribution in [3.8, 4) is 0 Å². The molecule has 20 heavy (non-hydrogen) atoms. The summed E-state index contributed by atoms with van der Waals surface area (Å²) in [6.07, 6.45) is 4.69. The van der Waals surface area contributed by atoms with Gasteiger partial charge in [-0.05, 0) is 50.9 Å². The molecule has 0 N–H and O–H groups in total. The molecule has 3 rings (SSSR count). The molecule has 0 saturated carbocycles. The van der Waals surface area contributed by atoms with Crippen molar-refractivity contribution in [1.29, 1.82) is 0 Å². The van der Waals surface area contributed by atoms with Crippen LogP contribution in [-0.2, 0) is 0 Å². The van der Waals surface area contributed by atoms with Crippen LogP contribution in [0.4, 0.5) is 4.39 Å². The molecule has 1 aromatic rings. The molecule has 0 aromatic carbocycles. The summed E-state index contributed by atoms with van der Waals surface area (Å²) >= 11 is 0. The first kappa shape index (κ1) is 13.5. The zero-order valence-electron chi connectivity index (χ0n) is 11.8. The number of amides is 1. The summed E-state index contributed by atoms with van der Waals surface area (Å²) in [5, 5.41) is 0. The Hall–Kier alpha value is -1.49. The SMILES string of the molecule is CN1CCCC2CN(C(=O)c3cccnc3F)CCC21. The maximum atomic E-state index is 13.6. The third-order valence-electron chi connectivity index (χ3n) is 4.62. The molecule has 2 unspecified atom stereocenters. The second kappa shape index (κ2) is 5.48. The first-order valence-corrected chi connectivity index (χ1v) is 7.27. The summed E-state index contributed by atoms with van der Waals surface area (Å²) in [6.45, 7) is 2.59. The lowest BCUT2D eigenvalue weighted by Crippen LogP contribution is -2.54. The lowest BCUT2D eigenvalue weighted by Gasteiger charge is -2.45. The second-order valence-electron chi connectivity index (χ2n) is 5.83. The molecule has 3 heterocycles. The fraction of sp³-hybridized carbons (Fsp3) is 0.600. The lowest BCUT2D eigenvalue weighted by atomic mass is 9.84. The minimum absolute atomic E-state index is 0.0927. The van der Waals surface area contributed by atoms with Crippen LogP contribution >= 0.6 is 0 Å². The zero-order chi connectivity index (χ0) is 14.1. The van der Waals surface area contributed by atoms with Crippen molar-refractivity contribution in [2.45, 2.75) is 25.3 Å². The van der Waals surface area contributed by atoms with E-state index in [1.165, 1.54) is 18.7 Å². The van der Waals surface area contributed by atoms with Crippen molar-refractivity contribution in [2.24, 2.45) is 5.92 Å². The van der Waals surface area contributed by atoms with E-state index >= 15 is 0 Å². The Morgan fingerprint density at radius 2 is 2.25 bits per heavy atom. The van der Waals surface area contributed by atoms with Crippen LogP contribution in [0.5, 0.6) is 0 Å². The van der Waals surface area contributed by atoms with Gasteiger partial charge in [-0.1, -0.05) is 0 Å². The highest BCUT2D eigenvalue weighted by Crippen LogP contribution is 2.30. The van der Waals surface area contributed by atoms with E-state index in [9.17, 15) is 9.18 Å². The number of pyridine rings is 1. The van der Waals surface area contributed by atoms with Gasteiger partial charge in [0.15, 0.2) is 0 Å². The summed E-state index contributed by atoms with van der Waals surface area (Å²) in [5.74, 6) is -0.367. The van der Waals surface area contributed by atoms with E-state index in [0.717, 1.165) is 25.9 Å². The molecule has 5 heteroatoms. The van der Waals surface area contributed by atoms with Crippen LogP contribution < -0.4 is 0 Å². The maximum Gasteiger partial charge on any atom is 0.258 e. The molecule has 1 aromatic heterocycles. The van der Waals surface area contributed by atoms with E-state index in [1.807, 2.05) is 0 Å². The Balaban J connectivity index is 1.73. The molecule has 0 spiro atoms. The molecular weight excluding hydrogens is 257 g/mol. The van der Waals surface area contributed by atoms with E-state index in [1.54, 1.807) is 11.0 Å². The van der Waals surface area contributed by atoms with Gasteiger partial charge in [0, 0.05) is 25.3 Å². The Morgan fingerprint density at radius 1 is 1.40 bits per heavy atom. The predicted octanol–water partition coefficient (Wildman–Crippen LogP) is 1.78. The summed E-state index contributed by atoms with van der Waals surface area (Å²) in [7, 11) is 2.16. The van der Waals surface area contributed by atoms with Gasteiger partial charge in [-0.2, -0.15) is 4.39 Å². The van der Waals surface area contributed by atoms with Crippen LogP contribution in [0.15, 0.2) is 18.3 Å². The molecule has 2 atom stereocenters. The van der Waals surface area contributed by atoms with Gasteiger partial charge in [0.2, 0.25) is 5.95 Å². The lowest BCUT2D eigenvalue weighted by molar-refractivity contribution is 0.0313. The molecule has 4 nitrogen and oxygen atoms in total. The monoisotopic (exact) mass is 277 g/mol. The highest BCUT2D eigenvalue weighted by molar-refractivity contribution is 5.94. The van der Waals surface area contributed by atoms with E-state index in [0.29, 0.717) is 18.5 Å². The number of fused-ring (bicyclic) bond motifs is 1. The number of halogens is 1. The van der Waals surface area contributed by atoms with Gasteiger partial charge < -0.3 is 9.80 Å². The second-order valence-corrected chi connectivity index (χ2v) is 5.83. The molecule has 0 radical (unpaired) electrons. The van der Waals surface area contributed by atoms with Gasteiger partial charge in [-0.15, -0.1) is 0 Å². The number of hydrogen-bond acceptors (Lipinski definition) is 3. The number of likely N-dealkylation sites (tertiary alicyclic amines) is 2. The largest absolute Gasteiger partial charge is 0.338 e. The van der Waals surface area contributed by atoms with Crippen LogP contribution in [0.3, 0.4) is 0 Å². The number of aromatic nitrogens is 1. The highest BCUT2D eigenvalue weighted by Gasteiger charge is 2.36. The van der Waals surface area contributed by atoms with Crippen LogP contribution in [0.1, 0.15) is 29.6 Å². The smallest absolute Gasteiger partial charge is 0.258 e. The molecule has 0 aliphatic carbocycles. The zero-order valence-corrected chi connectivity index (χ0v) is 11.8. The Labute approximate surface area is 118 Å². The third-order valence-corrected chi connectivity index (χ3v) is 4.62. The number of nitrogens with zero attached hydrogens (tertiary/aromatic N) is 3. The van der Waals surface area contributed by atoms with Gasteiger partial charge in [-0.25, -0.2) is 4.98 Å². The summed E-state index contributed by atoms with van der Waals surface area (Å²) in [6, 6.07) is 3.70. The highest BCUT2D eigenvalue weighted by atomic mass is 19.1. The van der Waals surface area contributed by atoms with Crippen molar-refractivity contribution in [1.82, 2.24) is 14.8 Å². The number of carbonyl (C=O) groups excluding carboxylic acids is 1. The fourth-order valence-corrected chi connectivity index (χ4v) is 3.55. The molecule has 0 bridgehead atoms. The normalized spacial score (nSPS) is 27.2. The maximum absolute atomic E-state index is 13.6. The van der Waals surface area contributed by atoms with Crippen molar-refractivity contribution < 1.29 is 9.18 Å². The number of piperidine rings is 2. The Kier molecular flexibility index (Phi) is 3.70. The summed E-state index contributed by atoms with van der Waals surface area (Å²) < 4.78 is 13.6. The Morgan fingerprint density at radius 3 is 3.05 bits per heavy atom. The van der Waals surface area contributed by atoms with Crippen LogP contribution in [0.2, 0.25) is 0 Å². The molecule has 108 valence electrons. The molecule has 2 saturated heterocycles. The van der Waals surface area contributed by atoms with Crippen molar-refractivity contribution >= 4 is 5.91 Å². The standard InChI is InChI=1S/C15H20FN3O/c1-18-8-3-4-11-10-19(9-6-13(11)18)15(20)12-5-2-7-17-14(12)16/h2,5,7,11,13H,3-4,6,8-10H2,1H3. The third kappa shape index (κ3) is 2.42. The van der Waals surface area contributed by atoms with E-state index in [4.69, 9.17) is 0 Å². The van der Waals surface area contributed by atoms with Crippen molar-refractivity contribution in [3.05, 3.63) is 29.8 Å². The van der Waals surface area contributed by atoms with E-state index in [-0.39, 0.29) is 11.5 Å². The average molecular weight is 277 g/mol. The molecule has 2 aliphatic rings. The molecule has 1 amide bonds. The predicted molar refractivity (Wildman–Crippen MR) is 73.9 cm³/mol. The molecule has 2 aliphatic heterocycles. The van der Waals surface area contributed by atoms with Crippen molar-refractivity contribution in [2.75, 3.05) is 26.7 Å². The number of hydrogen-bond donors (Lipinski definition) is 0. The fourth-order valence-electron chi connectivity index (χ4n) is 3.55. The van der Waals surface area contributed by atoms with Crippen LogP contribution in [0, 0.1) is 11.9 Å². The Bertz CT molecular complexity index is 508. The number of carbonyl (C=O) groups is 1. The van der Waals surface area contributed by atoms with Gasteiger partial charge >= 0.3 is 0 Å². The number of rotatable bonds is 1. The average Bonchev–Trinajstić information content (AvgIpc) is 2.47. The van der Waals surface area contributed by atoms with Gasteiger partial charge in [0.1, 0.15) is 0 Å². The van der Waals surface area contributed by atoms with Crippen LogP contribution in [-0.4, -0.2) is 53.4 Å². The minimum atomic E-state index is -0.666. The van der Waals surface area contributed by atoms with Gasteiger partial charge in [-0.3, -0.25) is 4.79 Å². The summed E-state index contributed by atoms with van der Waals surface area (Å²) in [4.78, 5) is 20.2. The minimum Gasteiger partial charge on any atom is -0.338 e. The topological polar surface area (TPSA) is 36.4 Å².